The first-order valence-corrected chi connectivity index (χ1v) is 5.20. The van der Waals surface area contributed by atoms with Crippen LogP contribution in [0.25, 0.3) is 11.4 Å². The number of benzene rings is 1. The van der Waals surface area contributed by atoms with Crippen molar-refractivity contribution in [3.63, 3.8) is 0 Å². The van der Waals surface area contributed by atoms with Crippen molar-refractivity contribution in [1.82, 2.24) is 15.0 Å². The van der Waals surface area contributed by atoms with Crippen LogP contribution in [0.4, 0.5) is 4.39 Å². The molecule has 1 aromatic heterocycles. The summed E-state index contributed by atoms with van der Waals surface area (Å²) in [6.45, 7) is 1.68. The average molecular weight is 254 g/mol. The fraction of sp³-hybridized carbons (Fsp3) is 0.182. The summed E-state index contributed by atoms with van der Waals surface area (Å²) in [5, 5.41) is 0.00725. The maximum absolute atomic E-state index is 13.4. The summed E-state index contributed by atoms with van der Waals surface area (Å²) in [5.74, 6) is -0.0428. The molecule has 0 N–H and O–H groups in total. The van der Waals surface area contributed by atoms with Gasteiger partial charge < -0.3 is 4.74 Å². The Hall–Kier alpha value is -1.75. The Morgan fingerprint density at radius 2 is 2.00 bits per heavy atom. The SMILES string of the molecule is COc1nc(Cl)nc(-c2ccc(C)c(F)c2)n1. The Morgan fingerprint density at radius 3 is 2.65 bits per heavy atom. The van der Waals surface area contributed by atoms with Gasteiger partial charge in [0.25, 0.3) is 0 Å². The van der Waals surface area contributed by atoms with Crippen molar-refractivity contribution in [3.8, 4) is 17.4 Å². The molecule has 88 valence electrons. The zero-order valence-electron chi connectivity index (χ0n) is 9.24. The number of halogens is 2. The van der Waals surface area contributed by atoms with Crippen LogP contribution in [0.15, 0.2) is 18.2 Å². The normalized spacial score (nSPS) is 10.4. The number of hydrogen-bond donors (Lipinski definition) is 0. The van der Waals surface area contributed by atoms with Gasteiger partial charge in [-0.05, 0) is 30.2 Å². The van der Waals surface area contributed by atoms with E-state index in [0.717, 1.165) is 0 Å². The minimum atomic E-state index is -0.321. The second-order valence-electron chi connectivity index (χ2n) is 3.38. The van der Waals surface area contributed by atoms with Gasteiger partial charge in [0.1, 0.15) is 5.82 Å². The number of rotatable bonds is 2. The third kappa shape index (κ3) is 2.50. The topological polar surface area (TPSA) is 47.9 Å². The molecular formula is C11H9ClFN3O. The van der Waals surface area contributed by atoms with Gasteiger partial charge >= 0.3 is 6.01 Å². The average Bonchev–Trinajstić information content (AvgIpc) is 2.32. The summed E-state index contributed by atoms with van der Waals surface area (Å²) in [6.07, 6.45) is 0. The first-order chi connectivity index (χ1) is 8.10. The molecular weight excluding hydrogens is 245 g/mol. The van der Waals surface area contributed by atoms with E-state index in [4.69, 9.17) is 16.3 Å². The fourth-order valence-electron chi connectivity index (χ4n) is 1.28. The highest BCUT2D eigenvalue weighted by molar-refractivity contribution is 6.28. The van der Waals surface area contributed by atoms with Gasteiger partial charge in [0.05, 0.1) is 7.11 Å². The van der Waals surface area contributed by atoms with Crippen molar-refractivity contribution in [2.24, 2.45) is 0 Å². The second kappa shape index (κ2) is 4.63. The molecule has 17 heavy (non-hydrogen) atoms. The van der Waals surface area contributed by atoms with Crippen molar-refractivity contribution in [2.45, 2.75) is 6.92 Å². The van der Waals surface area contributed by atoms with Gasteiger partial charge in [-0.25, -0.2) is 4.39 Å². The lowest BCUT2D eigenvalue weighted by molar-refractivity contribution is 0.379. The molecule has 0 fully saturated rings. The van der Waals surface area contributed by atoms with Crippen LogP contribution in [0.2, 0.25) is 5.28 Å². The molecule has 0 aliphatic carbocycles. The molecule has 0 unspecified atom stereocenters. The Bertz CT molecular complexity index is 562. The van der Waals surface area contributed by atoms with Crippen molar-refractivity contribution in [1.29, 1.82) is 0 Å². The number of hydrogen-bond acceptors (Lipinski definition) is 4. The molecule has 6 heteroatoms. The highest BCUT2D eigenvalue weighted by Gasteiger charge is 2.09. The third-order valence-electron chi connectivity index (χ3n) is 2.20. The van der Waals surface area contributed by atoms with E-state index in [1.165, 1.54) is 13.2 Å². The lowest BCUT2D eigenvalue weighted by Crippen LogP contribution is -1.98. The molecule has 1 aromatic carbocycles. The smallest absolute Gasteiger partial charge is 0.321 e. The fourth-order valence-corrected chi connectivity index (χ4v) is 1.44. The van der Waals surface area contributed by atoms with Crippen LogP contribution in [0.5, 0.6) is 6.01 Å². The Kier molecular flexibility index (Phi) is 3.19. The van der Waals surface area contributed by atoms with Crippen molar-refractivity contribution in [2.75, 3.05) is 7.11 Å². The monoisotopic (exact) mass is 253 g/mol. The molecule has 0 amide bonds. The van der Waals surface area contributed by atoms with Gasteiger partial charge in [-0.15, -0.1) is 0 Å². The predicted molar refractivity (Wildman–Crippen MR) is 61.5 cm³/mol. The highest BCUT2D eigenvalue weighted by atomic mass is 35.5. The van der Waals surface area contributed by atoms with Crippen LogP contribution in [-0.2, 0) is 0 Å². The molecule has 0 aliphatic heterocycles. The van der Waals surface area contributed by atoms with E-state index in [1.54, 1.807) is 19.1 Å². The zero-order chi connectivity index (χ0) is 12.4. The van der Waals surface area contributed by atoms with E-state index in [-0.39, 0.29) is 22.9 Å². The van der Waals surface area contributed by atoms with Gasteiger partial charge in [0.2, 0.25) is 5.28 Å². The zero-order valence-corrected chi connectivity index (χ0v) is 9.99. The maximum atomic E-state index is 13.4. The number of nitrogens with zero attached hydrogens (tertiary/aromatic N) is 3. The minimum absolute atomic E-state index is 0.00725. The molecule has 2 rings (SSSR count). The van der Waals surface area contributed by atoms with E-state index in [9.17, 15) is 4.39 Å². The second-order valence-corrected chi connectivity index (χ2v) is 3.72. The van der Waals surface area contributed by atoms with Gasteiger partial charge in [-0.1, -0.05) is 12.1 Å². The molecule has 0 aliphatic rings. The molecule has 4 nitrogen and oxygen atoms in total. The summed E-state index contributed by atoms with van der Waals surface area (Å²) in [5.41, 5.74) is 1.08. The molecule has 0 atom stereocenters. The van der Waals surface area contributed by atoms with Crippen LogP contribution >= 0.6 is 11.6 Å². The highest BCUT2D eigenvalue weighted by Crippen LogP contribution is 2.20. The Balaban J connectivity index is 2.52. The van der Waals surface area contributed by atoms with E-state index in [1.807, 2.05) is 0 Å². The number of ether oxygens (including phenoxy) is 1. The van der Waals surface area contributed by atoms with Gasteiger partial charge in [0, 0.05) is 5.56 Å². The van der Waals surface area contributed by atoms with Crippen LogP contribution < -0.4 is 4.74 Å². The molecule has 1 heterocycles. The molecule has 0 saturated heterocycles. The van der Waals surface area contributed by atoms with Crippen molar-refractivity contribution >= 4 is 11.6 Å². The number of methoxy groups -OCH3 is 1. The van der Waals surface area contributed by atoms with Gasteiger partial charge in [-0.2, -0.15) is 15.0 Å². The first kappa shape index (κ1) is 11.7. The summed E-state index contributed by atoms with van der Waals surface area (Å²) in [7, 11) is 1.42. The van der Waals surface area contributed by atoms with Gasteiger partial charge in [-0.3, -0.25) is 0 Å². The Morgan fingerprint density at radius 1 is 1.24 bits per heavy atom. The van der Waals surface area contributed by atoms with Crippen LogP contribution in [0.3, 0.4) is 0 Å². The predicted octanol–water partition coefficient (Wildman–Crippen LogP) is 2.65. The van der Waals surface area contributed by atoms with Crippen molar-refractivity contribution < 1.29 is 9.13 Å². The van der Waals surface area contributed by atoms with Gasteiger partial charge in [0.15, 0.2) is 5.82 Å². The van der Waals surface area contributed by atoms with E-state index < -0.39 is 0 Å². The number of aromatic nitrogens is 3. The quantitative estimate of drug-likeness (QED) is 0.826. The van der Waals surface area contributed by atoms with E-state index in [2.05, 4.69) is 15.0 Å². The van der Waals surface area contributed by atoms with Crippen LogP contribution in [0.1, 0.15) is 5.56 Å². The molecule has 0 saturated carbocycles. The van der Waals surface area contributed by atoms with Crippen LogP contribution in [0, 0.1) is 12.7 Å². The standard InChI is InChI=1S/C11H9ClFN3O/c1-6-3-4-7(5-8(6)13)9-14-10(12)16-11(15-9)17-2/h3-5H,1-2H3. The molecule has 0 bridgehead atoms. The molecule has 0 spiro atoms. The summed E-state index contributed by atoms with van der Waals surface area (Å²) in [4.78, 5) is 11.7. The van der Waals surface area contributed by atoms with E-state index in [0.29, 0.717) is 11.1 Å². The number of aryl methyl sites for hydroxylation is 1. The molecule has 0 radical (unpaired) electrons. The largest absolute Gasteiger partial charge is 0.467 e. The maximum Gasteiger partial charge on any atom is 0.321 e. The lowest BCUT2D eigenvalue weighted by Gasteiger charge is -2.04. The lowest BCUT2D eigenvalue weighted by atomic mass is 10.1. The Labute approximate surface area is 102 Å². The summed E-state index contributed by atoms with van der Waals surface area (Å²) in [6, 6.07) is 4.81. The summed E-state index contributed by atoms with van der Waals surface area (Å²) >= 11 is 5.71. The minimum Gasteiger partial charge on any atom is -0.467 e. The van der Waals surface area contributed by atoms with Crippen LogP contribution in [-0.4, -0.2) is 22.1 Å². The van der Waals surface area contributed by atoms with Crippen molar-refractivity contribution in [3.05, 3.63) is 34.9 Å². The third-order valence-corrected chi connectivity index (χ3v) is 2.37. The molecule has 2 aromatic rings. The summed E-state index contributed by atoms with van der Waals surface area (Å²) < 4.78 is 18.3. The first-order valence-electron chi connectivity index (χ1n) is 4.82. The van der Waals surface area contributed by atoms with E-state index >= 15 is 0 Å².